The quantitative estimate of drug-likeness (QED) is 0.899. The number of carboxylic acids is 1. The average molecular weight is 317 g/mol. The van der Waals surface area contributed by atoms with Crippen molar-refractivity contribution in [3.8, 4) is 0 Å². The number of rotatable bonds is 5. The molecule has 0 spiro atoms. The molecule has 4 heteroatoms. The highest BCUT2D eigenvalue weighted by molar-refractivity contribution is 5.85. The Bertz CT molecular complexity index is 528. The summed E-state index contributed by atoms with van der Waals surface area (Å²) in [5.74, 6) is -1.31. The van der Waals surface area contributed by atoms with Gasteiger partial charge in [-0.1, -0.05) is 51.0 Å². The maximum absolute atomic E-state index is 12.5. The molecule has 1 heterocycles. The zero-order valence-corrected chi connectivity index (χ0v) is 14.1. The Morgan fingerprint density at radius 1 is 1.00 bits per heavy atom. The summed E-state index contributed by atoms with van der Waals surface area (Å²) in [5, 5.41) is 9.54. The lowest BCUT2D eigenvalue weighted by Crippen LogP contribution is -2.33. The van der Waals surface area contributed by atoms with E-state index in [2.05, 4.69) is 13.8 Å². The van der Waals surface area contributed by atoms with Crippen molar-refractivity contribution in [3.05, 3.63) is 35.4 Å². The van der Waals surface area contributed by atoms with E-state index in [4.69, 9.17) is 0 Å². The highest BCUT2D eigenvalue weighted by Gasteiger charge is 2.26. The third-order valence-electron chi connectivity index (χ3n) is 4.64. The smallest absolute Gasteiger partial charge is 0.311 e. The van der Waals surface area contributed by atoms with Gasteiger partial charge < -0.3 is 10.0 Å². The number of carbonyl (C=O) groups is 2. The van der Waals surface area contributed by atoms with Crippen LogP contribution in [0, 0.1) is 0 Å². The molecule has 0 aromatic heterocycles. The van der Waals surface area contributed by atoms with Gasteiger partial charge in [-0.05, 0) is 29.9 Å². The molecule has 1 aromatic carbocycles. The van der Waals surface area contributed by atoms with E-state index in [-0.39, 0.29) is 12.3 Å². The Balaban J connectivity index is 2.08. The van der Waals surface area contributed by atoms with Crippen LogP contribution in [-0.4, -0.2) is 35.0 Å². The first-order valence-corrected chi connectivity index (χ1v) is 8.59. The minimum atomic E-state index is -0.925. The molecule has 126 valence electrons. The fourth-order valence-corrected chi connectivity index (χ4v) is 3.08. The maximum atomic E-state index is 12.5. The van der Waals surface area contributed by atoms with E-state index in [1.54, 1.807) is 0 Å². The normalized spacial score (nSPS) is 16.9. The van der Waals surface area contributed by atoms with Crippen molar-refractivity contribution >= 4 is 11.9 Å². The van der Waals surface area contributed by atoms with Gasteiger partial charge in [-0.3, -0.25) is 9.59 Å². The molecular formula is C19H27NO3. The van der Waals surface area contributed by atoms with Crippen LogP contribution in [0.5, 0.6) is 0 Å². The van der Waals surface area contributed by atoms with Crippen LogP contribution in [0.1, 0.15) is 68.9 Å². The van der Waals surface area contributed by atoms with E-state index in [0.29, 0.717) is 11.5 Å². The summed E-state index contributed by atoms with van der Waals surface area (Å²) in [5.41, 5.74) is 1.89. The van der Waals surface area contributed by atoms with Crippen LogP contribution in [0.15, 0.2) is 24.3 Å². The van der Waals surface area contributed by atoms with Gasteiger partial charge in [0, 0.05) is 19.5 Å². The lowest BCUT2D eigenvalue weighted by molar-refractivity contribution is -0.142. The van der Waals surface area contributed by atoms with Crippen molar-refractivity contribution in [2.45, 2.75) is 57.8 Å². The molecule has 1 amide bonds. The van der Waals surface area contributed by atoms with E-state index in [9.17, 15) is 14.7 Å². The van der Waals surface area contributed by atoms with E-state index in [1.165, 1.54) is 5.56 Å². The van der Waals surface area contributed by atoms with Crippen LogP contribution in [0.25, 0.3) is 0 Å². The number of hydrogen-bond donors (Lipinski definition) is 1. The minimum Gasteiger partial charge on any atom is -0.481 e. The molecule has 4 nitrogen and oxygen atoms in total. The SMILES string of the molecule is CC(C)c1ccc(C(CC(=O)N2CCCCCC2)C(=O)O)cc1. The number of benzene rings is 1. The van der Waals surface area contributed by atoms with Crippen molar-refractivity contribution in [2.24, 2.45) is 0 Å². The molecule has 1 fully saturated rings. The van der Waals surface area contributed by atoms with Crippen LogP contribution >= 0.6 is 0 Å². The summed E-state index contributed by atoms with van der Waals surface area (Å²) in [6.45, 7) is 5.73. The van der Waals surface area contributed by atoms with E-state index in [1.807, 2.05) is 29.2 Å². The molecule has 0 saturated carbocycles. The highest BCUT2D eigenvalue weighted by atomic mass is 16.4. The van der Waals surface area contributed by atoms with Crippen LogP contribution in [0.3, 0.4) is 0 Å². The lowest BCUT2D eigenvalue weighted by Gasteiger charge is -2.22. The number of nitrogens with zero attached hydrogens (tertiary/aromatic N) is 1. The molecule has 0 bridgehead atoms. The first-order valence-electron chi connectivity index (χ1n) is 8.59. The van der Waals surface area contributed by atoms with Crippen molar-refractivity contribution < 1.29 is 14.7 Å². The van der Waals surface area contributed by atoms with Gasteiger partial charge in [-0.2, -0.15) is 0 Å². The molecule has 2 rings (SSSR count). The van der Waals surface area contributed by atoms with Gasteiger partial charge in [0.25, 0.3) is 0 Å². The number of amides is 1. The summed E-state index contributed by atoms with van der Waals surface area (Å²) in [6.07, 6.45) is 4.40. The van der Waals surface area contributed by atoms with Gasteiger partial charge in [0.05, 0.1) is 5.92 Å². The fraction of sp³-hybridized carbons (Fsp3) is 0.579. The Hall–Kier alpha value is -1.84. The van der Waals surface area contributed by atoms with Crippen LogP contribution in [-0.2, 0) is 9.59 Å². The fourth-order valence-electron chi connectivity index (χ4n) is 3.08. The van der Waals surface area contributed by atoms with Crippen molar-refractivity contribution in [2.75, 3.05) is 13.1 Å². The molecular weight excluding hydrogens is 290 g/mol. The summed E-state index contributed by atoms with van der Waals surface area (Å²) in [7, 11) is 0. The van der Waals surface area contributed by atoms with E-state index >= 15 is 0 Å². The highest BCUT2D eigenvalue weighted by Crippen LogP contribution is 2.24. The van der Waals surface area contributed by atoms with Crippen LogP contribution in [0.2, 0.25) is 0 Å². The topological polar surface area (TPSA) is 57.6 Å². The third-order valence-corrected chi connectivity index (χ3v) is 4.64. The van der Waals surface area contributed by atoms with Gasteiger partial charge in [-0.25, -0.2) is 0 Å². The standard InChI is InChI=1S/C19H27NO3/c1-14(2)15-7-9-16(10-8-15)17(19(22)23)13-18(21)20-11-5-3-4-6-12-20/h7-10,14,17H,3-6,11-13H2,1-2H3,(H,22,23). The molecule has 1 aromatic rings. The Morgan fingerprint density at radius 2 is 1.52 bits per heavy atom. The lowest BCUT2D eigenvalue weighted by atomic mass is 9.92. The number of aliphatic carboxylic acids is 1. The number of likely N-dealkylation sites (tertiary alicyclic amines) is 1. The molecule has 1 aliphatic heterocycles. The zero-order chi connectivity index (χ0) is 16.8. The second-order valence-electron chi connectivity index (χ2n) is 6.71. The third kappa shape index (κ3) is 4.81. The molecule has 0 aliphatic carbocycles. The first kappa shape index (κ1) is 17.5. The van der Waals surface area contributed by atoms with Gasteiger partial charge in [0.15, 0.2) is 0 Å². The number of carbonyl (C=O) groups excluding carboxylic acids is 1. The molecule has 1 aliphatic rings. The number of carboxylic acid groups (broad SMARTS) is 1. The van der Waals surface area contributed by atoms with Crippen LogP contribution in [0.4, 0.5) is 0 Å². The molecule has 1 atom stereocenters. The largest absolute Gasteiger partial charge is 0.481 e. The molecule has 0 radical (unpaired) electrons. The average Bonchev–Trinajstić information content (AvgIpc) is 2.81. The van der Waals surface area contributed by atoms with Crippen LogP contribution < -0.4 is 0 Å². The Morgan fingerprint density at radius 3 is 2.00 bits per heavy atom. The van der Waals surface area contributed by atoms with Gasteiger partial charge in [-0.15, -0.1) is 0 Å². The minimum absolute atomic E-state index is 0.0350. The van der Waals surface area contributed by atoms with E-state index < -0.39 is 11.9 Å². The number of hydrogen-bond acceptors (Lipinski definition) is 2. The van der Waals surface area contributed by atoms with Crippen molar-refractivity contribution in [1.29, 1.82) is 0 Å². The summed E-state index contributed by atoms with van der Waals surface area (Å²) >= 11 is 0. The van der Waals surface area contributed by atoms with Crippen molar-refractivity contribution in [3.63, 3.8) is 0 Å². The monoisotopic (exact) mass is 317 g/mol. The maximum Gasteiger partial charge on any atom is 0.311 e. The summed E-state index contributed by atoms with van der Waals surface area (Å²) < 4.78 is 0. The molecule has 1 saturated heterocycles. The predicted molar refractivity (Wildman–Crippen MR) is 90.6 cm³/mol. The molecule has 23 heavy (non-hydrogen) atoms. The first-order chi connectivity index (χ1) is 11.0. The van der Waals surface area contributed by atoms with Crippen molar-refractivity contribution in [1.82, 2.24) is 4.90 Å². The molecule has 1 unspecified atom stereocenters. The Labute approximate surface area is 138 Å². The predicted octanol–water partition coefficient (Wildman–Crippen LogP) is 3.77. The molecule has 1 N–H and O–H groups in total. The second-order valence-corrected chi connectivity index (χ2v) is 6.71. The van der Waals surface area contributed by atoms with Gasteiger partial charge in [0.1, 0.15) is 0 Å². The zero-order valence-electron chi connectivity index (χ0n) is 14.1. The van der Waals surface area contributed by atoms with E-state index in [0.717, 1.165) is 38.8 Å². The van der Waals surface area contributed by atoms with Gasteiger partial charge >= 0.3 is 5.97 Å². The summed E-state index contributed by atoms with van der Waals surface area (Å²) in [4.78, 5) is 25.9. The Kier molecular flexibility index (Phi) is 6.20. The second kappa shape index (κ2) is 8.14. The van der Waals surface area contributed by atoms with Gasteiger partial charge in [0.2, 0.25) is 5.91 Å². The summed E-state index contributed by atoms with van der Waals surface area (Å²) in [6, 6.07) is 7.63.